The van der Waals surface area contributed by atoms with Gasteiger partial charge in [0.1, 0.15) is 0 Å². The highest BCUT2D eigenvalue weighted by atomic mass is 35.5. The third-order valence-corrected chi connectivity index (χ3v) is 3.82. The Morgan fingerprint density at radius 2 is 2.26 bits per heavy atom. The van der Waals surface area contributed by atoms with Gasteiger partial charge in [-0.15, -0.1) is 0 Å². The second kappa shape index (κ2) is 8.12. The van der Waals surface area contributed by atoms with E-state index in [1.54, 1.807) is 0 Å². The maximum Gasteiger partial charge on any atom is 0.358 e. The van der Waals surface area contributed by atoms with Gasteiger partial charge in [0.05, 0.1) is 36.2 Å². The predicted molar refractivity (Wildman–Crippen MR) is 85.8 cm³/mol. The largest absolute Gasteiger partial charge is 0.464 e. The van der Waals surface area contributed by atoms with Crippen LogP contribution in [0.4, 0.5) is 10.5 Å². The fourth-order valence-corrected chi connectivity index (χ4v) is 2.63. The first kappa shape index (κ1) is 17.5. The number of rotatable bonds is 4. The van der Waals surface area contributed by atoms with Crippen LogP contribution in [0, 0.1) is 0 Å². The zero-order valence-corrected chi connectivity index (χ0v) is 13.9. The van der Waals surface area contributed by atoms with Crippen molar-refractivity contribution >= 4 is 29.3 Å². The first-order chi connectivity index (χ1) is 11.0. The van der Waals surface area contributed by atoms with Crippen LogP contribution in [0.3, 0.4) is 0 Å². The predicted octanol–water partition coefficient (Wildman–Crippen LogP) is 2.60. The normalized spacial score (nSPS) is 20.7. The minimum atomic E-state index is -0.630. The Kier molecular flexibility index (Phi) is 6.18. The van der Waals surface area contributed by atoms with E-state index in [-0.39, 0.29) is 29.0 Å². The molecule has 1 aromatic heterocycles. The molecule has 2 unspecified atom stereocenters. The molecule has 0 aromatic carbocycles. The number of amides is 2. The average molecular weight is 342 g/mol. The van der Waals surface area contributed by atoms with Gasteiger partial charge in [-0.1, -0.05) is 11.6 Å². The Balaban J connectivity index is 1.85. The van der Waals surface area contributed by atoms with Crippen molar-refractivity contribution in [2.45, 2.75) is 38.4 Å². The van der Waals surface area contributed by atoms with Crippen LogP contribution < -0.4 is 10.6 Å². The topological polar surface area (TPSA) is 89.5 Å². The molecule has 1 fully saturated rings. The molecule has 126 valence electrons. The van der Waals surface area contributed by atoms with Gasteiger partial charge in [-0.3, -0.25) is 0 Å². The molecule has 2 N–H and O–H groups in total. The Morgan fingerprint density at radius 3 is 2.91 bits per heavy atom. The van der Waals surface area contributed by atoms with Crippen molar-refractivity contribution in [3.63, 3.8) is 0 Å². The number of pyridine rings is 1. The minimum absolute atomic E-state index is 0.00437. The molecule has 2 amide bonds. The molecule has 2 heterocycles. The Morgan fingerprint density at radius 1 is 1.48 bits per heavy atom. The standard InChI is InChI=1S/C15H20ClN3O4/c1-9-4-3-5-11(23-9)8-18-15(21)19-10-6-12(16)13(17-7-10)14(20)22-2/h6-7,9,11H,3-5,8H2,1-2H3,(H2,18,19,21). The maximum absolute atomic E-state index is 11.9. The second-order valence-electron chi connectivity index (χ2n) is 5.38. The lowest BCUT2D eigenvalue weighted by Gasteiger charge is -2.27. The molecule has 1 aliphatic rings. The van der Waals surface area contributed by atoms with Crippen LogP contribution in [-0.4, -0.2) is 42.8 Å². The van der Waals surface area contributed by atoms with Gasteiger partial charge in [-0.25, -0.2) is 14.6 Å². The van der Waals surface area contributed by atoms with E-state index in [0.717, 1.165) is 19.3 Å². The molecular formula is C15H20ClN3O4. The Labute approximate surface area is 139 Å². The monoisotopic (exact) mass is 341 g/mol. The van der Waals surface area contributed by atoms with Crippen LogP contribution in [0.25, 0.3) is 0 Å². The van der Waals surface area contributed by atoms with E-state index >= 15 is 0 Å². The van der Waals surface area contributed by atoms with Gasteiger partial charge in [0, 0.05) is 6.54 Å². The summed E-state index contributed by atoms with van der Waals surface area (Å²) in [5.41, 5.74) is 0.391. The van der Waals surface area contributed by atoms with Gasteiger partial charge >= 0.3 is 12.0 Å². The molecule has 8 heteroatoms. The zero-order valence-electron chi connectivity index (χ0n) is 13.1. The van der Waals surface area contributed by atoms with Gasteiger partial charge < -0.3 is 20.1 Å². The highest BCUT2D eigenvalue weighted by Gasteiger charge is 2.19. The molecule has 0 aliphatic carbocycles. The fourth-order valence-electron chi connectivity index (χ4n) is 2.38. The lowest BCUT2D eigenvalue weighted by atomic mass is 10.1. The number of aromatic nitrogens is 1. The van der Waals surface area contributed by atoms with Gasteiger partial charge in [-0.2, -0.15) is 0 Å². The second-order valence-corrected chi connectivity index (χ2v) is 5.79. The smallest absolute Gasteiger partial charge is 0.358 e. The summed E-state index contributed by atoms with van der Waals surface area (Å²) in [6.07, 6.45) is 4.70. The molecule has 7 nitrogen and oxygen atoms in total. The number of anilines is 1. The molecule has 2 rings (SSSR count). The van der Waals surface area contributed by atoms with E-state index in [0.29, 0.717) is 12.2 Å². The summed E-state index contributed by atoms with van der Waals surface area (Å²) < 4.78 is 10.3. The van der Waals surface area contributed by atoms with Crippen molar-refractivity contribution in [3.8, 4) is 0 Å². The maximum atomic E-state index is 11.9. The zero-order chi connectivity index (χ0) is 16.8. The molecule has 1 aromatic rings. The summed E-state index contributed by atoms with van der Waals surface area (Å²) in [4.78, 5) is 27.2. The van der Waals surface area contributed by atoms with Crippen LogP contribution in [0.5, 0.6) is 0 Å². The van der Waals surface area contributed by atoms with E-state index in [1.807, 2.05) is 6.92 Å². The Bertz CT molecular complexity index is 582. The summed E-state index contributed by atoms with van der Waals surface area (Å²) in [5.74, 6) is -0.630. The molecule has 2 atom stereocenters. The average Bonchev–Trinajstić information content (AvgIpc) is 2.52. The number of esters is 1. The number of carbonyl (C=O) groups is 2. The third kappa shape index (κ3) is 5.07. The van der Waals surface area contributed by atoms with Gasteiger partial charge in [0.15, 0.2) is 5.69 Å². The molecule has 0 radical (unpaired) electrons. The molecule has 0 bridgehead atoms. The summed E-state index contributed by atoms with van der Waals surface area (Å²) in [7, 11) is 1.24. The third-order valence-electron chi connectivity index (χ3n) is 3.53. The first-order valence-corrected chi connectivity index (χ1v) is 7.81. The highest BCUT2D eigenvalue weighted by molar-refractivity contribution is 6.33. The fraction of sp³-hybridized carbons (Fsp3) is 0.533. The van der Waals surface area contributed by atoms with E-state index in [9.17, 15) is 9.59 Å². The number of nitrogens with zero attached hydrogens (tertiary/aromatic N) is 1. The molecule has 1 aliphatic heterocycles. The van der Waals surface area contributed by atoms with E-state index in [4.69, 9.17) is 16.3 Å². The number of methoxy groups -OCH3 is 1. The van der Waals surface area contributed by atoms with Crippen molar-refractivity contribution in [3.05, 3.63) is 23.0 Å². The minimum Gasteiger partial charge on any atom is -0.464 e. The Hall–Kier alpha value is -1.86. The SMILES string of the molecule is COC(=O)c1ncc(NC(=O)NCC2CCCC(C)O2)cc1Cl. The molecule has 1 saturated heterocycles. The number of hydrogen-bond acceptors (Lipinski definition) is 5. The number of urea groups is 1. The van der Waals surface area contributed by atoms with Crippen LogP contribution in [0.1, 0.15) is 36.7 Å². The summed E-state index contributed by atoms with van der Waals surface area (Å²) >= 11 is 5.95. The van der Waals surface area contributed by atoms with Crippen molar-refractivity contribution in [1.82, 2.24) is 10.3 Å². The molecule has 0 spiro atoms. The summed E-state index contributed by atoms with van der Waals surface area (Å²) in [5, 5.41) is 5.48. The van der Waals surface area contributed by atoms with Crippen LogP contribution >= 0.6 is 11.6 Å². The summed E-state index contributed by atoms with van der Waals surface area (Å²) in [6.45, 7) is 2.47. The van der Waals surface area contributed by atoms with Gasteiger partial charge in [0.25, 0.3) is 0 Å². The van der Waals surface area contributed by atoms with Crippen molar-refractivity contribution in [2.75, 3.05) is 19.0 Å². The van der Waals surface area contributed by atoms with Gasteiger partial charge in [0.2, 0.25) is 0 Å². The van der Waals surface area contributed by atoms with E-state index in [1.165, 1.54) is 19.4 Å². The van der Waals surface area contributed by atoms with Crippen molar-refractivity contribution in [2.24, 2.45) is 0 Å². The molecular weight excluding hydrogens is 322 g/mol. The number of hydrogen-bond donors (Lipinski definition) is 2. The van der Waals surface area contributed by atoms with Crippen LogP contribution in [-0.2, 0) is 9.47 Å². The van der Waals surface area contributed by atoms with Crippen LogP contribution in [0.2, 0.25) is 5.02 Å². The quantitative estimate of drug-likeness (QED) is 0.822. The number of ether oxygens (including phenoxy) is 2. The number of halogens is 1. The molecule has 23 heavy (non-hydrogen) atoms. The number of nitrogens with one attached hydrogen (secondary N) is 2. The number of carbonyl (C=O) groups excluding carboxylic acids is 2. The van der Waals surface area contributed by atoms with Crippen molar-refractivity contribution in [1.29, 1.82) is 0 Å². The van der Waals surface area contributed by atoms with Gasteiger partial charge in [-0.05, 0) is 32.3 Å². The summed E-state index contributed by atoms with van der Waals surface area (Å²) in [6, 6.07) is 1.06. The van der Waals surface area contributed by atoms with Crippen molar-refractivity contribution < 1.29 is 19.1 Å². The lowest BCUT2D eigenvalue weighted by molar-refractivity contribution is -0.0367. The van der Waals surface area contributed by atoms with E-state index < -0.39 is 5.97 Å². The van der Waals surface area contributed by atoms with E-state index in [2.05, 4.69) is 20.4 Å². The highest BCUT2D eigenvalue weighted by Crippen LogP contribution is 2.20. The first-order valence-electron chi connectivity index (χ1n) is 7.43. The molecule has 0 saturated carbocycles. The lowest BCUT2D eigenvalue weighted by Crippen LogP contribution is -2.39. The van der Waals surface area contributed by atoms with Crippen LogP contribution in [0.15, 0.2) is 12.3 Å².